The Morgan fingerprint density at radius 2 is 2.00 bits per heavy atom. The fraction of sp³-hybridized carbons (Fsp3) is 0.357. The molecule has 0 bridgehead atoms. The second kappa shape index (κ2) is 6.48. The average molecular weight is 341 g/mol. The standard InChI is InChI=1S/C14H17BrN2OS/c1-4-12-14(15)13(17(2)16-12)9-19-11-7-5-10(18-3)6-8-11/h5-8H,4,9H2,1-3H3. The van der Waals surface area contributed by atoms with E-state index in [0.717, 1.165) is 28.1 Å². The Hall–Kier alpha value is -0.940. The highest BCUT2D eigenvalue weighted by Gasteiger charge is 2.12. The number of nitrogens with zero attached hydrogens (tertiary/aromatic N) is 2. The molecule has 0 amide bonds. The quantitative estimate of drug-likeness (QED) is 0.768. The molecule has 0 spiro atoms. The number of methoxy groups -OCH3 is 1. The molecule has 102 valence electrons. The smallest absolute Gasteiger partial charge is 0.118 e. The summed E-state index contributed by atoms with van der Waals surface area (Å²) in [7, 11) is 3.68. The Balaban J connectivity index is 2.07. The van der Waals surface area contributed by atoms with E-state index in [1.807, 2.05) is 23.9 Å². The normalized spacial score (nSPS) is 10.7. The van der Waals surface area contributed by atoms with Crippen LogP contribution in [-0.2, 0) is 19.2 Å². The predicted octanol–water partition coefficient (Wildman–Crippen LogP) is 4.05. The number of hydrogen-bond donors (Lipinski definition) is 0. The van der Waals surface area contributed by atoms with Gasteiger partial charge in [-0.3, -0.25) is 4.68 Å². The number of aryl methyl sites for hydroxylation is 2. The zero-order chi connectivity index (χ0) is 13.8. The van der Waals surface area contributed by atoms with Crippen molar-refractivity contribution in [2.45, 2.75) is 24.0 Å². The first-order chi connectivity index (χ1) is 9.15. The molecule has 0 radical (unpaired) electrons. The van der Waals surface area contributed by atoms with Crippen LogP contribution in [0.2, 0.25) is 0 Å². The van der Waals surface area contributed by atoms with Crippen molar-refractivity contribution in [3.63, 3.8) is 0 Å². The largest absolute Gasteiger partial charge is 0.497 e. The molecule has 1 aromatic carbocycles. The number of ether oxygens (including phenoxy) is 1. The predicted molar refractivity (Wildman–Crippen MR) is 82.8 cm³/mol. The molecular weight excluding hydrogens is 324 g/mol. The molecule has 0 aliphatic rings. The summed E-state index contributed by atoms with van der Waals surface area (Å²) >= 11 is 5.44. The number of hydrogen-bond acceptors (Lipinski definition) is 3. The van der Waals surface area contributed by atoms with Crippen LogP contribution in [0.5, 0.6) is 5.75 Å². The highest BCUT2D eigenvalue weighted by Crippen LogP contribution is 2.29. The average Bonchev–Trinajstić information content (AvgIpc) is 2.72. The van der Waals surface area contributed by atoms with Crippen molar-refractivity contribution >= 4 is 27.7 Å². The Morgan fingerprint density at radius 1 is 1.32 bits per heavy atom. The first-order valence-electron chi connectivity index (χ1n) is 6.12. The van der Waals surface area contributed by atoms with Crippen molar-refractivity contribution in [3.8, 4) is 5.75 Å². The molecule has 0 saturated heterocycles. The number of benzene rings is 1. The van der Waals surface area contributed by atoms with Crippen LogP contribution in [-0.4, -0.2) is 16.9 Å². The molecule has 0 fully saturated rings. The minimum atomic E-state index is 0.888. The summed E-state index contributed by atoms with van der Waals surface area (Å²) in [6.45, 7) is 2.12. The van der Waals surface area contributed by atoms with Gasteiger partial charge in [0.15, 0.2) is 0 Å². The number of aromatic nitrogens is 2. The molecule has 0 N–H and O–H groups in total. The fourth-order valence-corrected chi connectivity index (χ4v) is 3.71. The highest BCUT2D eigenvalue weighted by molar-refractivity contribution is 9.10. The third-order valence-corrected chi connectivity index (χ3v) is 4.88. The van der Waals surface area contributed by atoms with Crippen molar-refractivity contribution in [3.05, 3.63) is 40.1 Å². The van der Waals surface area contributed by atoms with E-state index in [2.05, 4.69) is 40.1 Å². The van der Waals surface area contributed by atoms with Crippen LogP contribution in [0.3, 0.4) is 0 Å². The van der Waals surface area contributed by atoms with Gasteiger partial charge in [0, 0.05) is 17.7 Å². The van der Waals surface area contributed by atoms with Gasteiger partial charge in [0.1, 0.15) is 5.75 Å². The molecule has 5 heteroatoms. The van der Waals surface area contributed by atoms with E-state index in [-0.39, 0.29) is 0 Å². The first-order valence-corrected chi connectivity index (χ1v) is 7.90. The van der Waals surface area contributed by atoms with Gasteiger partial charge in [-0.1, -0.05) is 6.92 Å². The van der Waals surface area contributed by atoms with Gasteiger partial charge < -0.3 is 4.74 Å². The zero-order valence-corrected chi connectivity index (χ0v) is 13.7. The molecule has 0 atom stereocenters. The summed E-state index contributed by atoms with van der Waals surface area (Å²) in [4.78, 5) is 1.23. The van der Waals surface area contributed by atoms with Crippen molar-refractivity contribution < 1.29 is 4.74 Å². The minimum absolute atomic E-state index is 0.888. The van der Waals surface area contributed by atoms with E-state index in [1.165, 1.54) is 10.6 Å². The topological polar surface area (TPSA) is 27.1 Å². The van der Waals surface area contributed by atoms with E-state index in [0.29, 0.717) is 0 Å². The van der Waals surface area contributed by atoms with E-state index >= 15 is 0 Å². The molecule has 19 heavy (non-hydrogen) atoms. The summed E-state index contributed by atoms with van der Waals surface area (Å²) in [6.07, 6.45) is 0.946. The van der Waals surface area contributed by atoms with Crippen LogP contribution in [0.1, 0.15) is 18.3 Å². The number of halogens is 1. The lowest BCUT2D eigenvalue weighted by atomic mass is 10.3. The van der Waals surface area contributed by atoms with Gasteiger partial charge in [0.05, 0.1) is 23.0 Å². The summed E-state index contributed by atoms with van der Waals surface area (Å²) in [6, 6.07) is 8.12. The summed E-state index contributed by atoms with van der Waals surface area (Å²) in [5.74, 6) is 1.79. The Morgan fingerprint density at radius 3 is 2.53 bits per heavy atom. The molecule has 1 heterocycles. The van der Waals surface area contributed by atoms with Gasteiger partial charge in [0.2, 0.25) is 0 Å². The van der Waals surface area contributed by atoms with E-state index in [4.69, 9.17) is 4.74 Å². The lowest BCUT2D eigenvalue weighted by Gasteiger charge is -2.04. The van der Waals surface area contributed by atoms with Crippen molar-refractivity contribution in [2.75, 3.05) is 7.11 Å². The fourth-order valence-electron chi connectivity index (χ4n) is 1.80. The molecule has 0 aliphatic carbocycles. The van der Waals surface area contributed by atoms with Gasteiger partial charge in [-0.2, -0.15) is 5.10 Å². The molecule has 3 nitrogen and oxygen atoms in total. The number of rotatable bonds is 5. The van der Waals surface area contributed by atoms with Gasteiger partial charge in [-0.05, 0) is 46.6 Å². The van der Waals surface area contributed by atoms with Gasteiger partial charge >= 0.3 is 0 Å². The van der Waals surface area contributed by atoms with Gasteiger partial charge in [0.25, 0.3) is 0 Å². The summed E-state index contributed by atoms with van der Waals surface area (Å²) < 4.78 is 8.25. The number of thioether (sulfide) groups is 1. The lowest BCUT2D eigenvalue weighted by molar-refractivity contribution is 0.414. The second-order valence-corrected chi connectivity index (χ2v) is 5.99. The van der Waals surface area contributed by atoms with Crippen LogP contribution >= 0.6 is 27.7 Å². The van der Waals surface area contributed by atoms with Crippen LogP contribution in [0.15, 0.2) is 33.6 Å². The summed E-state index contributed by atoms with van der Waals surface area (Å²) in [5.41, 5.74) is 2.34. The van der Waals surface area contributed by atoms with Gasteiger partial charge in [-0.25, -0.2) is 0 Å². The van der Waals surface area contributed by atoms with E-state index in [1.54, 1.807) is 18.9 Å². The SMILES string of the molecule is CCc1nn(C)c(CSc2ccc(OC)cc2)c1Br. The Kier molecular flexibility index (Phi) is 4.93. The maximum Gasteiger partial charge on any atom is 0.118 e. The molecule has 2 aromatic rings. The van der Waals surface area contributed by atoms with Crippen molar-refractivity contribution in [1.29, 1.82) is 0 Å². The molecule has 0 saturated carbocycles. The van der Waals surface area contributed by atoms with Crippen LogP contribution < -0.4 is 4.74 Å². The highest BCUT2D eigenvalue weighted by atomic mass is 79.9. The van der Waals surface area contributed by atoms with Crippen LogP contribution in [0.4, 0.5) is 0 Å². The van der Waals surface area contributed by atoms with Crippen molar-refractivity contribution in [2.24, 2.45) is 7.05 Å². The minimum Gasteiger partial charge on any atom is -0.497 e. The van der Waals surface area contributed by atoms with Crippen LogP contribution in [0.25, 0.3) is 0 Å². The Labute approximate surface area is 126 Å². The van der Waals surface area contributed by atoms with Crippen molar-refractivity contribution in [1.82, 2.24) is 9.78 Å². The molecule has 2 rings (SSSR count). The third kappa shape index (κ3) is 3.34. The maximum atomic E-state index is 5.16. The van der Waals surface area contributed by atoms with E-state index < -0.39 is 0 Å². The summed E-state index contributed by atoms with van der Waals surface area (Å²) in [5, 5.41) is 4.50. The first kappa shape index (κ1) is 14.5. The molecule has 0 unspecified atom stereocenters. The Bertz CT molecular complexity index is 551. The zero-order valence-electron chi connectivity index (χ0n) is 11.3. The van der Waals surface area contributed by atoms with Crippen LogP contribution in [0, 0.1) is 0 Å². The monoisotopic (exact) mass is 340 g/mol. The second-order valence-electron chi connectivity index (χ2n) is 4.15. The molecule has 0 aliphatic heterocycles. The molecular formula is C14H17BrN2OS. The van der Waals surface area contributed by atoms with Gasteiger partial charge in [-0.15, -0.1) is 11.8 Å². The molecule has 1 aromatic heterocycles. The van der Waals surface area contributed by atoms with E-state index in [9.17, 15) is 0 Å². The lowest BCUT2D eigenvalue weighted by Crippen LogP contribution is -1.96. The maximum absolute atomic E-state index is 5.16. The third-order valence-electron chi connectivity index (χ3n) is 2.94.